The Kier molecular flexibility index (Phi) is 10.1. The van der Waals surface area contributed by atoms with Crippen LogP contribution in [0.15, 0.2) is 53.8 Å². The molecule has 2 aromatic heterocycles. The number of thioether (sulfide) groups is 1. The number of nitriles is 2. The van der Waals surface area contributed by atoms with Crippen molar-refractivity contribution in [2.45, 2.75) is 50.5 Å². The molecular formula is C28H31N5O2S. The van der Waals surface area contributed by atoms with Gasteiger partial charge >= 0.3 is 0 Å². The molecule has 0 amide bonds. The second-order valence-corrected chi connectivity index (χ2v) is 9.08. The van der Waals surface area contributed by atoms with Crippen LogP contribution in [0.25, 0.3) is 11.1 Å². The van der Waals surface area contributed by atoms with Gasteiger partial charge < -0.3 is 14.7 Å². The van der Waals surface area contributed by atoms with E-state index in [0.717, 1.165) is 37.1 Å². The number of hydrogen-bond donors (Lipinski definition) is 1. The summed E-state index contributed by atoms with van der Waals surface area (Å²) >= 11 is 1.48. The topological polar surface area (TPSA) is 106 Å². The van der Waals surface area contributed by atoms with E-state index in [1.807, 2.05) is 38.1 Å². The fourth-order valence-corrected chi connectivity index (χ4v) is 4.80. The maximum atomic E-state index is 10.1. The van der Waals surface area contributed by atoms with E-state index < -0.39 is 6.10 Å². The maximum absolute atomic E-state index is 10.1. The second-order valence-electron chi connectivity index (χ2n) is 8.12. The first-order valence-electron chi connectivity index (χ1n) is 12.2. The first-order valence-corrected chi connectivity index (χ1v) is 13.2. The van der Waals surface area contributed by atoms with Crippen molar-refractivity contribution in [1.82, 2.24) is 9.97 Å². The van der Waals surface area contributed by atoms with Crippen molar-refractivity contribution in [1.29, 1.82) is 10.5 Å². The monoisotopic (exact) mass is 501 g/mol. The Morgan fingerprint density at radius 2 is 1.78 bits per heavy atom. The highest BCUT2D eigenvalue weighted by Gasteiger charge is 2.26. The molecule has 0 saturated carbocycles. The van der Waals surface area contributed by atoms with Gasteiger partial charge in [0.1, 0.15) is 40.9 Å². The van der Waals surface area contributed by atoms with E-state index in [1.54, 1.807) is 31.5 Å². The van der Waals surface area contributed by atoms with Crippen LogP contribution in [0.1, 0.15) is 50.3 Å². The molecule has 1 saturated heterocycles. The number of aliphatic hydroxyl groups excluding tert-OH is 1. The summed E-state index contributed by atoms with van der Waals surface area (Å²) in [5, 5.41) is 30.4. The van der Waals surface area contributed by atoms with Gasteiger partial charge in [0.25, 0.3) is 0 Å². The standard InChI is InChI=1S/C26H25N5O2S.C2H6/c1-18(32)16-33-21-8-6-20(7-9-21)24-22(13-27)25(31-11-2-3-12-31)30-26(23(24)14-28)34-17-19-5-4-10-29-15-19;1-2/h4-10,15,18,32H,2-3,11-12,16-17H2,1H3;1-2H3. The van der Waals surface area contributed by atoms with Crippen molar-refractivity contribution in [3.05, 3.63) is 65.5 Å². The Labute approximate surface area is 217 Å². The Bertz CT molecular complexity index is 1210. The molecule has 3 heterocycles. The normalized spacial score (nSPS) is 13.2. The lowest BCUT2D eigenvalue weighted by molar-refractivity contribution is 0.123. The number of rotatable bonds is 8. The molecule has 1 fully saturated rings. The summed E-state index contributed by atoms with van der Waals surface area (Å²) in [5.41, 5.74) is 3.19. The number of ether oxygens (including phenoxy) is 1. The minimum absolute atomic E-state index is 0.190. The zero-order valence-corrected chi connectivity index (χ0v) is 21.8. The molecule has 0 spiro atoms. The quantitative estimate of drug-likeness (QED) is 0.400. The Morgan fingerprint density at radius 1 is 1.08 bits per heavy atom. The molecular weight excluding hydrogens is 470 g/mol. The van der Waals surface area contributed by atoms with E-state index in [9.17, 15) is 15.6 Å². The third-order valence-corrected chi connectivity index (χ3v) is 6.55. The van der Waals surface area contributed by atoms with Gasteiger partial charge in [0.05, 0.1) is 11.7 Å². The average molecular weight is 502 g/mol. The van der Waals surface area contributed by atoms with Crippen LogP contribution in [-0.4, -0.2) is 40.9 Å². The van der Waals surface area contributed by atoms with Crippen molar-refractivity contribution < 1.29 is 9.84 Å². The van der Waals surface area contributed by atoms with Crippen molar-refractivity contribution in [2.75, 3.05) is 24.6 Å². The minimum atomic E-state index is -0.572. The summed E-state index contributed by atoms with van der Waals surface area (Å²) < 4.78 is 5.58. The SMILES string of the molecule is CC.CC(O)COc1ccc(-c2c(C#N)c(SCc3cccnc3)nc(N3CCCC3)c2C#N)cc1. The Balaban J connectivity index is 0.00000176. The van der Waals surface area contributed by atoms with E-state index >= 15 is 0 Å². The molecule has 36 heavy (non-hydrogen) atoms. The molecule has 3 aromatic rings. The number of anilines is 1. The molecule has 186 valence electrons. The van der Waals surface area contributed by atoms with E-state index in [0.29, 0.717) is 39.0 Å². The molecule has 1 aliphatic heterocycles. The molecule has 8 heteroatoms. The van der Waals surface area contributed by atoms with Gasteiger partial charge in [0.2, 0.25) is 0 Å². The Morgan fingerprint density at radius 3 is 2.36 bits per heavy atom. The first-order chi connectivity index (χ1) is 17.6. The summed E-state index contributed by atoms with van der Waals surface area (Å²) in [4.78, 5) is 11.1. The molecule has 4 rings (SSSR count). The zero-order valence-electron chi connectivity index (χ0n) is 20.9. The van der Waals surface area contributed by atoms with E-state index in [1.165, 1.54) is 11.8 Å². The van der Waals surface area contributed by atoms with Crippen LogP contribution in [0.4, 0.5) is 5.82 Å². The molecule has 0 aliphatic carbocycles. The molecule has 1 N–H and O–H groups in total. The molecule has 1 unspecified atom stereocenters. The van der Waals surface area contributed by atoms with Crippen LogP contribution >= 0.6 is 11.8 Å². The van der Waals surface area contributed by atoms with Gasteiger partial charge in [-0.3, -0.25) is 4.98 Å². The third-order valence-electron chi connectivity index (χ3n) is 5.51. The lowest BCUT2D eigenvalue weighted by atomic mass is 9.96. The lowest BCUT2D eigenvalue weighted by Crippen LogP contribution is -2.21. The van der Waals surface area contributed by atoms with Gasteiger partial charge in [-0.25, -0.2) is 4.98 Å². The fourth-order valence-electron chi connectivity index (χ4n) is 3.88. The number of aromatic nitrogens is 2. The van der Waals surface area contributed by atoms with Crippen molar-refractivity contribution in [3.8, 4) is 29.0 Å². The summed E-state index contributed by atoms with van der Waals surface area (Å²) in [6, 6.07) is 15.8. The number of nitrogens with zero attached hydrogens (tertiary/aromatic N) is 5. The van der Waals surface area contributed by atoms with Gasteiger partial charge in [-0.2, -0.15) is 10.5 Å². The third kappa shape index (κ3) is 6.54. The first kappa shape index (κ1) is 27.0. The minimum Gasteiger partial charge on any atom is -0.491 e. The van der Waals surface area contributed by atoms with Crippen molar-refractivity contribution >= 4 is 17.6 Å². The summed E-state index contributed by atoms with van der Waals surface area (Å²) in [7, 11) is 0. The van der Waals surface area contributed by atoms with Gasteiger partial charge in [0.15, 0.2) is 0 Å². The Hall–Kier alpha value is -3.59. The van der Waals surface area contributed by atoms with E-state index in [-0.39, 0.29) is 6.61 Å². The molecule has 1 aliphatic rings. The number of hydrogen-bond acceptors (Lipinski definition) is 8. The van der Waals surface area contributed by atoms with Gasteiger partial charge in [-0.1, -0.05) is 32.0 Å². The predicted octanol–water partition coefficient (Wildman–Crippen LogP) is 5.57. The van der Waals surface area contributed by atoms with Crippen molar-refractivity contribution in [3.63, 3.8) is 0 Å². The smallest absolute Gasteiger partial charge is 0.148 e. The summed E-state index contributed by atoms with van der Waals surface area (Å²) in [6.07, 6.45) is 5.06. The van der Waals surface area contributed by atoms with E-state index in [4.69, 9.17) is 9.72 Å². The van der Waals surface area contributed by atoms with Crippen LogP contribution < -0.4 is 9.64 Å². The number of benzene rings is 1. The summed E-state index contributed by atoms with van der Waals surface area (Å²) in [6.45, 7) is 7.53. The fraction of sp³-hybridized carbons (Fsp3) is 0.357. The van der Waals surface area contributed by atoms with Crippen LogP contribution in [0, 0.1) is 22.7 Å². The van der Waals surface area contributed by atoms with Crippen LogP contribution in [0.3, 0.4) is 0 Å². The molecule has 0 bridgehead atoms. The predicted molar refractivity (Wildman–Crippen MR) is 143 cm³/mol. The number of pyridine rings is 2. The van der Waals surface area contributed by atoms with Gasteiger partial charge in [-0.05, 0) is 49.1 Å². The maximum Gasteiger partial charge on any atom is 0.148 e. The number of aliphatic hydroxyl groups is 1. The highest BCUT2D eigenvalue weighted by Crippen LogP contribution is 2.39. The second kappa shape index (κ2) is 13.5. The van der Waals surface area contributed by atoms with Gasteiger partial charge in [-0.15, -0.1) is 11.8 Å². The highest BCUT2D eigenvalue weighted by atomic mass is 32.2. The molecule has 7 nitrogen and oxygen atoms in total. The highest BCUT2D eigenvalue weighted by molar-refractivity contribution is 7.98. The van der Waals surface area contributed by atoms with Crippen LogP contribution in [0.2, 0.25) is 0 Å². The zero-order chi connectivity index (χ0) is 25.9. The average Bonchev–Trinajstić information content (AvgIpc) is 3.47. The molecule has 1 aromatic carbocycles. The van der Waals surface area contributed by atoms with Gasteiger partial charge in [0, 0.05) is 36.8 Å². The van der Waals surface area contributed by atoms with Crippen LogP contribution in [-0.2, 0) is 5.75 Å². The largest absolute Gasteiger partial charge is 0.491 e. The molecule has 0 radical (unpaired) electrons. The molecule has 1 atom stereocenters. The van der Waals surface area contributed by atoms with Crippen LogP contribution in [0.5, 0.6) is 5.75 Å². The summed E-state index contributed by atoms with van der Waals surface area (Å²) in [5.74, 6) is 1.87. The van der Waals surface area contributed by atoms with E-state index in [2.05, 4.69) is 22.0 Å². The lowest BCUT2D eigenvalue weighted by Gasteiger charge is -2.22. The van der Waals surface area contributed by atoms with Crippen molar-refractivity contribution in [2.24, 2.45) is 0 Å².